The van der Waals surface area contributed by atoms with E-state index >= 15 is 0 Å². The van der Waals surface area contributed by atoms with Crippen molar-refractivity contribution in [1.29, 1.82) is 0 Å². The number of hydrogen-bond acceptors (Lipinski definition) is 4. The summed E-state index contributed by atoms with van der Waals surface area (Å²) in [6.45, 7) is 0.834. The molecule has 2 aromatic carbocycles. The number of amides is 2. The molecule has 0 saturated heterocycles. The van der Waals surface area contributed by atoms with E-state index < -0.39 is 34.5 Å². The molecule has 2 aromatic rings. The van der Waals surface area contributed by atoms with E-state index in [0.717, 1.165) is 46.4 Å². The van der Waals surface area contributed by atoms with Crippen molar-refractivity contribution in [2.75, 3.05) is 24.9 Å². The summed E-state index contributed by atoms with van der Waals surface area (Å²) in [5.41, 5.74) is 0.533. The molecule has 8 nitrogen and oxygen atoms in total. The van der Waals surface area contributed by atoms with Gasteiger partial charge in [-0.2, -0.15) is 12.7 Å². The number of rotatable bonds is 10. The number of carbonyl (C=O) groups is 2. The van der Waals surface area contributed by atoms with E-state index in [1.54, 1.807) is 25.1 Å². The van der Waals surface area contributed by atoms with E-state index in [0.29, 0.717) is 15.6 Å². The average molecular weight is 574 g/mol. The third kappa shape index (κ3) is 7.13. The number of anilines is 1. The highest BCUT2D eigenvalue weighted by atomic mass is 35.5. The van der Waals surface area contributed by atoms with Crippen LogP contribution in [0.2, 0.25) is 10.0 Å². The van der Waals surface area contributed by atoms with Gasteiger partial charge in [-0.1, -0.05) is 42.1 Å². The molecule has 0 aliphatic heterocycles. The molecule has 1 saturated carbocycles. The van der Waals surface area contributed by atoms with E-state index in [-0.39, 0.29) is 24.2 Å². The summed E-state index contributed by atoms with van der Waals surface area (Å²) in [4.78, 5) is 28.1. The summed E-state index contributed by atoms with van der Waals surface area (Å²) < 4.78 is 41.7. The minimum atomic E-state index is -4.14. The van der Waals surface area contributed by atoms with Gasteiger partial charge in [-0.05, 0) is 56.2 Å². The monoisotopic (exact) mass is 572 g/mol. The number of nitrogens with zero attached hydrogens (tertiary/aromatic N) is 3. The van der Waals surface area contributed by atoms with Gasteiger partial charge in [0.2, 0.25) is 11.8 Å². The molecule has 202 valence electrons. The van der Waals surface area contributed by atoms with Gasteiger partial charge in [-0.25, -0.2) is 8.70 Å². The zero-order chi connectivity index (χ0) is 27.3. The summed E-state index contributed by atoms with van der Waals surface area (Å²) in [5, 5.41) is 3.61. The maximum absolute atomic E-state index is 13.7. The van der Waals surface area contributed by atoms with E-state index in [1.165, 1.54) is 31.1 Å². The van der Waals surface area contributed by atoms with Gasteiger partial charge in [0, 0.05) is 42.3 Å². The zero-order valence-electron chi connectivity index (χ0n) is 21.0. The van der Waals surface area contributed by atoms with E-state index in [1.807, 2.05) is 0 Å². The minimum Gasteiger partial charge on any atom is -0.352 e. The van der Waals surface area contributed by atoms with Crippen LogP contribution in [0.3, 0.4) is 0 Å². The fourth-order valence-electron chi connectivity index (χ4n) is 4.15. The highest BCUT2D eigenvalue weighted by molar-refractivity contribution is 7.90. The molecule has 12 heteroatoms. The van der Waals surface area contributed by atoms with E-state index in [2.05, 4.69) is 5.32 Å². The van der Waals surface area contributed by atoms with Crippen LogP contribution in [-0.2, 0) is 26.3 Å². The molecule has 1 aliphatic rings. The Morgan fingerprint density at radius 3 is 2.16 bits per heavy atom. The SMILES string of the molecule is C[C@H](C(=O)NC1CCCC1)N(Cc1c(Cl)cccc1Cl)C(=O)CN(c1ccc(F)cc1)S(=O)(=O)N(C)C. The van der Waals surface area contributed by atoms with Crippen molar-refractivity contribution < 1.29 is 22.4 Å². The Labute approximate surface area is 227 Å². The molecule has 0 radical (unpaired) electrons. The van der Waals surface area contributed by atoms with Gasteiger partial charge >= 0.3 is 10.2 Å². The van der Waals surface area contributed by atoms with Gasteiger partial charge in [0.05, 0.1) is 5.69 Å². The predicted molar refractivity (Wildman–Crippen MR) is 143 cm³/mol. The third-order valence-electron chi connectivity index (χ3n) is 6.39. The van der Waals surface area contributed by atoms with Crippen molar-refractivity contribution in [2.24, 2.45) is 0 Å². The highest BCUT2D eigenvalue weighted by Gasteiger charge is 2.34. The van der Waals surface area contributed by atoms with Crippen LogP contribution < -0.4 is 9.62 Å². The summed E-state index contributed by atoms with van der Waals surface area (Å²) in [5.74, 6) is -1.56. The predicted octanol–water partition coefficient (Wildman–Crippen LogP) is 4.22. The number of carbonyl (C=O) groups excluding carboxylic acids is 2. The number of hydrogen-bond donors (Lipinski definition) is 1. The Kier molecular flexibility index (Phi) is 9.80. The molecule has 2 amide bonds. The minimum absolute atomic E-state index is 0.0284. The number of halogens is 3. The first kappa shape index (κ1) is 29.2. The summed E-state index contributed by atoms with van der Waals surface area (Å²) in [7, 11) is -1.49. The fraction of sp³-hybridized carbons (Fsp3) is 0.440. The zero-order valence-corrected chi connectivity index (χ0v) is 23.3. The van der Waals surface area contributed by atoms with Crippen molar-refractivity contribution in [3.05, 3.63) is 63.9 Å². The molecule has 0 aromatic heterocycles. The van der Waals surface area contributed by atoms with Crippen LogP contribution in [0, 0.1) is 5.82 Å². The average Bonchev–Trinajstić information content (AvgIpc) is 3.35. The van der Waals surface area contributed by atoms with Crippen LogP contribution in [0.4, 0.5) is 10.1 Å². The summed E-state index contributed by atoms with van der Waals surface area (Å²) in [6, 6.07) is 8.75. The highest BCUT2D eigenvalue weighted by Crippen LogP contribution is 2.28. The molecule has 37 heavy (non-hydrogen) atoms. The Bertz CT molecular complexity index is 1200. The van der Waals surface area contributed by atoms with E-state index in [4.69, 9.17) is 23.2 Å². The van der Waals surface area contributed by atoms with Crippen LogP contribution in [-0.4, -0.2) is 62.2 Å². The molecule has 0 unspecified atom stereocenters. The Morgan fingerprint density at radius 1 is 1.05 bits per heavy atom. The molecule has 0 bridgehead atoms. The van der Waals surface area contributed by atoms with E-state index in [9.17, 15) is 22.4 Å². The van der Waals surface area contributed by atoms with Gasteiger partial charge in [-0.15, -0.1) is 0 Å². The summed E-state index contributed by atoms with van der Waals surface area (Å²) in [6.07, 6.45) is 3.77. The number of benzene rings is 2. The molecule has 3 rings (SSSR count). The van der Waals surface area contributed by atoms with Crippen molar-refractivity contribution in [3.8, 4) is 0 Å². The lowest BCUT2D eigenvalue weighted by Gasteiger charge is -2.33. The van der Waals surface area contributed by atoms with Gasteiger partial charge < -0.3 is 10.2 Å². The maximum Gasteiger partial charge on any atom is 0.304 e. The van der Waals surface area contributed by atoms with Crippen molar-refractivity contribution in [3.63, 3.8) is 0 Å². The largest absolute Gasteiger partial charge is 0.352 e. The molecule has 1 N–H and O–H groups in total. The van der Waals surface area contributed by atoms with Crippen LogP contribution >= 0.6 is 23.2 Å². The number of nitrogens with one attached hydrogen (secondary N) is 1. The molecule has 0 heterocycles. The second kappa shape index (κ2) is 12.4. The molecule has 1 atom stereocenters. The standard InChI is InChI=1S/C25H31Cl2FN4O4S/c1-17(25(34)29-19-7-4-5-8-19)31(15-21-22(26)9-6-10-23(21)27)24(33)16-32(37(35,36)30(2)3)20-13-11-18(28)12-14-20/h6,9-14,17,19H,4-5,7-8,15-16H2,1-3H3,(H,29,34)/t17-/m1/s1. The fourth-order valence-corrected chi connectivity index (χ4v) is 5.73. The van der Waals surface area contributed by atoms with Gasteiger partial charge in [0.1, 0.15) is 18.4 Å². The third-order valence-corrected chi connectivity index (χ3v) is 8.92. The van der Waals surface area contributed by atoms with Gasteiger partial charge in [-0.3, -0.25) is 9.59 Å². The Balaban J connectivity index is 1.96. The maximum atomic E-state index is 13.7. The summed E-state index contributed by atoms with van der Waals surface area (Å²) >= 11 is 12.7. The lowest BCUT2D eigenvalue weighted by atomic mass is 10.1. The lowest BCUT2D eigenvalue weighted by molar-refractivity contribution is -0.139. The quantitative estimate of drug-likeness (QED) is 0.461. The van der Waals surface area contributed by atoms with Crippen LogP contribution in [0.5, 0.6) is 0 Å². The van der Waals surface area contributed by atoms with Gasteiger partial charge in [0.25, 0.3) is 0 Å². The molecular formula is C25H31Cl2FN4O4S. The topological polar surface area (TPSA) is 90.0 Å². The first-order valence-corrected chi connectivity index (χ1v) is 14.1. The van der Waals surface area contributed by atoms with Crippen LogP contribution in [0.1, 0.15) is 38.2 Å². The lowest BCUT2D eigenvalue weighted by Crippen LogP contribution is -2.53. The smallest absolute Gasteiger partial charge is 0.304 e. The van der Waals surface area contributed by atoms with Crippen LogP contribution in [0.15, 0.2) is 42.5 Å². The van der Waals surface area contributed by atoms with Crippen molar-refractivity contribution in [2.45, 2.75) is 51.2 Å². The first-order valence-electron chi connectivity index (χ1n) is 11.9. The van der Waals surface area contributed by atoms with Gasteiger partial charge in [0.15, 0.2) is 0 Å². The van der Waals surface area contributed by atoms with Crippen molar-refractivity contribution >= 4 is 50.9 Å². The van der Waals surface area contributed by atoms with Crippen LogP contribution in [0.25, 0.3) is 0 Å². The Morgan fingerprint density at radius 2 is 1.62 bits per heavy atom. The normalized spacial score (nSPS) is 15.0. The molecular weight excluding hydrogens is 542 g/mol. The Hall–Kier alpha value is -2.40. The second-order valence-electron chi connectivity index (χ2n) is 9.16. The molecule has 1 fully saturated rings. The second-order valence-corrected chi connectivity index (χ2v) is 12.0. The first-order chi connectivity index (χ1) is 17.4. The van der Waals surface area contributed by atoms with Crippen molar-refractivity contribution in [1.82, 2.24) is 14.5 Å². The molecule has 1 aliphatic carbocycles. The molecule has 0 spiro atoms.